The number of thioether (sulfide) groups is 1. The molecule has 1 atom stereocenters. The largest absolute Gasteiger partial charge is 0.497 e. The molecule has 1 fully saturated rings. The number of anilines is 2. The van der Waals surface area contributed by atoms with Crippen molar-refractivity contribution < 1.29 is 18.7 Å². The number of methoxy groups -OCH3 is 1. The topological polar surface area (TPSA) is 71.8 Å². The number of rotatable bonds is 5. The number of furan rings is 1. The number of carbonyl (C=O) groups is 2. The van der Waals surface area contributed by atoms with E-state index in [4.69, 9.17) is 9.15 Å². The Morgan fingerprint density at radius 2 is 2.04 bits per heavy atom. The molecular weight excluding hydrogens is 376 g/mol. The van der Waals surface area contributed by atoms with Crippen molar-refractivity contribution >= 4 is 35.0 Å². The van der Waals surface area contributed by atoms with E-state index in [2.05, 4.69) is 5.32 Å². The molecule has 0 spiro atoms. The van der Waals surface area contributed by atoms with Gasteiger partial charge in [0.1, 0.15) is 11.1 Å². The Morgan fingerprint density at radius 1 is 1.18 bits per heavy atom. The van der Waals surface area contributed by atoms with Crippen molar-refractivity contribution in [1.82, 2.24) is 0 Å². The number of nitrogens with one attached hydrogen (secondary N) is 1. The first-order valence-electron chi connectivity index (χ1n) is 8.68. The lowest BCUT2D eigenvalue weighted by Gasteiger charge is -2.25. The quantitative estimate of drug-likeness (QED) is 0.698. The normalized spacial score (nSPS) is 16.2. The van der Waals surface area contributed by atoms with Crippen molar-refractivity contribution in [3.63, 3.8) is 0 Å². The van der Waals surface area contributed by atoms with Gasteiger partial charge >= 0.3 is 0 Å². The van der Waals surface area contributed by atoms with Crippen molar-refractivity contribution in [3.05, 3.63) is 78.3 Å². The van der Waals surface area contributed by atoms with Crippen LogP contribution < -0.4 is 15.0 Å². The average Bonchev–Trinajstić information content (AvgIpc) is 3.38. The van der Waals surface area contributed by atoms with Gasteiger partial charge in [0.2, 0.25) is 5.91 Å². The molecule has 2 aromatic carbocycles. The maximum absolute atomic E-state index is 12.6. The van der Waals surface area contributed by atoms with E-state index >= 15 is 0 Å². The Morgan fingerprint density at radius 3 is 2.82 bits per heavy atom. The molecule has 28 heavy (non-hydrogen) atoms. The van der Waals surface area contributed by atoms with Gasteiger partial charge in [0.05, 0.1) is 19.1 Å². The Labute approximate surface area is 166 Å². The summed E-state index contributed by atoms with van der Waals surface area (Å²) in [6.07, 6.45) is 1.46. The van der Waals surface area contributed by atoms with E-state index in [1.807, 2.05) is 48.5 Å². The predicted molar refractivity (Wildman–Crippen MR) is 109 cm³/mol. The molecule has 1 N–H and O–H groups in total. The number of ether oxygens (including phenoxy) is 1. The molecule has 4 rings (SSSR count). The monoisotopic (exact) mass is 394 g/mol. The summed E-state index contributed by atoms with van der Waals surface area (Å²) in [6.45, 7) is 0. The number of benzene rings is 2. The summed E-state index contributed by atoms with van der Waals surface area (Å²) in [7, 11) is 1.60. The molecule has 1 aromatic heterocycles. The highest BCUT2D eigenvalue weighted by Gasteiger charge is 2.34. The maximum atomic E-state index is 12.6. The summed E-state index contributed by atoms with van der Waals surface area (Å²) in [4.78, 5) is 26.6. The molecule has 142 valence electrons. The van der Waals surface area contributed by atoms with Gasteiger partial charge in [-0.3, -0.25) is 14.5 Å². The van der Waals surface area contributed by atoms with Gasteiger partial charge in [-0.2, -0.15) is 0 Å². The summed E-state index contributed by atoms with van der Waals surface area (Å²) < 4.78 is 10.4. The molecule has 0 saturated carbocycles. The third-order valence-electron chi connectivity index (χ3n) is 4.37. The zero-order valence-electron chi connectivity index (χ0n) is 15.1. The van der Waals surface area contributed by atoms with Gasteiger partial charge in [0.15, 0.2) is 5.76 Å². The summed E-state index contributed by atoms with van der Waals surface area (Å²) in [5.74, 6) is 1.05. The minimum atomic E-state index is -0.318. The van der Waals surface area contributed by atoms with Crippen LogP contribution in [0, 0.1) is 0 Å². The molecule has 1 aliphatic heterocycles. The van der Waals surface area contributed by atoms with Crippen molar-refractivity contribution in [2.24, 2.45) is 0 Å². The first kappa shape index (κ1) is 18.2. The lowest BCUT2D eigenvalue weighted by molar-refractivity contribution is -0.115. The smallest absolute Gasteiger partial charge is 0.291 e. The second kappa shape index (κ2) is 7.82. The van der Waals surface area contributed by atoms with Crippen LogP contribution in [0.3, 0.4) is 0 Å². The predicted octanol–water partition coefficient (Wildman–Crippen LogP) is 4.32. The van der Waals surface area contributed by atoms with E-state index in [0.29, 0.717) is 17.2 Å². The van der Waals surface area contributed by atoms with Crippen LogP contribution in [-0.4, -0.2) is 24.7 Å². The number of amides is 2. The van der Waals surface area contributed by atoms with Gasteiger partial charge in [-0.15, -0.1) is 11.8 Å². The van der Waals surface area contributed by atoms with Crippen LogP contribution in [0.1, 0.15) is 21.5 Å². The third kappa shape index (κ3) is 3.61. The van der Waals surface area contributed by atoms with E-state index in [1.54, 1.807) is 35.9 Å². The fraction of sp³-hybridized carbons (Fsp3) is 0.143. The Kier molecular flexibility index (Phi) is 5.08. The molecule has 1 aliphatic rings. The van der Waals surface area contributed by atoms with Crippen molar-refractivity contribution in [1.29, 1.82) is 0 Å². The minimum absolute atomic E-state index is 0.0354. The van der Waals surface area contributed by atoms with E-state index in [-0.39, 0.29) is 22.9 Å². The van der Waals surface area contributed by atoms with Crippen LogP contribution in [0.2, 0.25) is 0 Å². The van der Waals surface area contributed by atoms with Gasteiger partial charge in [-0.25, -0.2) is 0 Å². The van der Waals surface area contributed by atoms with Gasteiger partial charge in [0, 0.05) is 17.4 Å². The maximum Gasteiger partial charge on any atom is 0.291 e. The summed E-state index contributed by atoms with van der Waals surface area (Å²) in [5, 5.41) is 2.65. The Balaban J connectivity index is 1.60. The number of hydrogen-bond acceptors (Lipinski definition) is 5. The Hall–Kier alpha value is -3.19. The van der Waals surface area contributed by atoms with Crippen LogP contribution in [0.15, 0.2) is 71.3 Å². The molecule has 2 amide bonds. The van der Waals surface area contributed by atoms with Crippen LogP contribution in [0.25, 0.3) is 0 Å². The standard InChI is InChI=1S/C21H18N2O4S/c1-26-17-8-3-7-16(12-17)23-19(24)13-28-21(23)14-5-2-6-15(11-14)22-20(25)18-9-4-10-27-18/h2-12,21H,13H2,1H3,(H,22,25)/t21-/m1/s1. The van der Waals surface area contributed by atoms with Gasteiger partial charge < -0.3 is 14.5 Å². The number of hydrogen-bond donors (Lipinski definition) is 1. The first-order chi connectivity index (χ1) is 13.7. The molecule has 6 nitrogen and oxygen atoms in total. The van der Waals surface area contributed by atoms with Gasteiger partial charge in [-0.1, -0.05) is 18.2 Å². The lowest BCUT2D eigenvalue weighted by atomic mass is 10.1. The molecule has 2 heterocycles. The van der Waals surface area contributed by atoms with E-state index < -0.39 is 0 Å². The first-order valence-corrected chi connectivity index (χ1v) is 9.73. The summed E-state index contributed by atoms with van der Waals surface area (Å²) in [5.41, 5.74) is 2.35. The average molecular weight is 394 g/mol. The van der Waals surface area contributed by atoms with Crippen LogP contribution in [0.4, 0.5) is 11.4 Å². The zero-order chi connectivity index (χ0) is 19.5. The van der Waals surface area contributed by atoms with E-state index in [1.165, 1.54) is 6.26 Å². The van der Waals surface area contributed by atoms with Crippen LogP contribution in [-0.2, 0) is 4.79 Å². The van der Waals surface area contributed by atoms with Crippen LogP contribution >= 0.6 is 11.8 Å². The van der Waals surface area contributed by atoms with Gasteiger partial charge in [-0.05, 0) is 42.0 Å². The second-order valence-corrected chi connectivity index (χ2v) is 7.25. The molecule has 0 unspecified atom stereocenters. The SMILES string of the molecule is COc1cccc(N2C(=O)CS[C@@H]2c2cccc(NC(=O)c3ccco3)c2)c1. The minimum Gasteiger partial charge on any atom is -0.497 e. The molecule has 7 heteroatoms. The Bertz CT molecular complexity index is 1000. The molecule has 0 radical (unpaired) electrons. The molecular formula is C21H18N2O4S. The number of nitrogens with zero attached hydrogens (tertiary/aromatic N) is 1. The van der Waals surface area contributed by atoms with Gasteiger partial charge in [0.25, 0.3) is 5.91 Å². The molecule has 0 aliphatic carbocycles. The third-order valence-corrected chi connectivity index (χ3v) is 5.59. The molecule has 1 saturated heterocycles. The molecule has 0 bridgehead atoms. The summed E-state index contributed by atoms with van der Waals surface area (Å²) >= 11 is 1.55. The zero-order valence-corrected chi connectivity index (χ0v) is 15.9. The highest BCUT2D eigenvalue weighted by molar-refractivity contribution is 8.00. The van der Waals surface area contributed by atoms with E-state index in [9.17, 15) is 9.59 Å². The highest BCUT2D eigenvalue weighted by atomic mass is 32.2. The van der Waals surface area contributed by atoms with E-state index in [0.717, 1.165) is 11.3 Å². The fourth-order valence-corrected chi connectivity index (χ4v) is 4.25. The van der Waals surface area contributed by atoms with Crippen molar-refractivity contribution in [3.8, 4) is 5.75 Å². The van der Waals surface area contributed by atoms with Crippen molar-refractivity contribution in [2.45, 2.75) is 5.37 Å². The highest BCUT2D eigenvalue weighted by Crippen LogP contribution is 2.42. The fourth-order valence-electron chi connectivity index (χ4n) is 3.08. The van der Waals surface area contributed by atoms with Crippen molar-refractivity contribution in [2.75, 3.05) is 23.1 Å². The number of carbonyl (C=O) groups excluding carboxylic acids is 2. The second-order valence-electron chi connectivity index (χ2n) is 6.19. The molecule has 3 aromatic rings. The summed E-state index contributed by atoms with van der Waals surface area (Å²) in [6, 6.07) is 18.2. The van der Waals surface area contributed by atoms with Crippen LogP contribution in [0.5, 0.6) is 5.75 Å². The lowest BCUT2D eigenvalue weighted by Crippen LogP contribution is -2.27.